The van der Waals surface area contributed by atoms with Gasteiger partial charge in [-0.05, 0) is 32.4 Å². The molecule has 7 heteroatoms. The van der Waals surface area contributed by atoms with Crippen LogP contribution in [0.4, 0.5) is 4.79 Å². The Morgan fingerprint density at radius 2 is 1.78 bits per heavy atom. The predicted octanol–water partition coefficient (Wildman–Crippen LogP) is 1.23. The number of piperazine rings is 1. The molecule has 7 nitrogen and oxygen atoms in total. The van der Waals surface area contributed by atoms with E-state index < -0.39 is 5.60 Å². The minimum Gasteiger partial charge on any atom is -0.444 e. The van der Waals surface area contributed by atoms with E-state index in [9.17, 15) is 9.59 Å². The zero-order chi connectivity index (χ0) is 17.0. The molecule has 0 bridgehead atoms. The van der Waals surface area contributed by atoms with Crippen molar-refractivity contribution in [3.05, 3.63) is 29.6 Å². The smallest absolute Gasteiger partial charge is 0.410 e. The van der Waals surface area contributed by atoms with E-state index in [1.54, 1.807) is 28.1 Å². The lowest BCUT2D eigenvalue weighted by Gasteiger charge is -2.35. The number of carbonyl (C=O) groups excluding carboxylic acids is 2. The first-order valence-electron chi connectivity index (χ1n) is 7.72. The minimum atomic E-state index is -0.515. The van der Waals surface area contributed by atoms with Crippen LogP contribution in [0.15, 0.2) is 18.3 Å². The Hall–Kier alpha value is -2.15. The van der Waals surface area contributed by atoms with Crippen molar-refractivity contribution in [1.82, 2.24) is 14.8 Å². The van der Waals surface area contributed by atoms with Crippen molar-refractivity contribution in [3.63, 3.8) is 0 Å². The molecular weight excluding hydrogens is 296 g/mol. The fourth-order valence-corrected chi connectivity index (χ4v) is 2.25. The van der Waals surface area contributed by atoms with Crippen LogP contribution in [0.3, 0.4) is 0 Å². The molecule has 0 aliphatic carbocycles. The number of ether oxygens (including phenoxy) is 1. The minimum absolute atomic E-state index is 0.127. The quantitative estimate of drug-likeness (QED) is 0.885. The van der Waals surface area contributed by atoms with E-state index in [2.05, 4.69) is 4.98 Å². The number of hydrogen-bond acceptors (Lipinski definition) is 5. The Morgan fingerprint density at radius 1 is 1.17 bits per heavy atom. The lowest BCUT2D eigenvalue weighted by atomic mass is 10.2. The molecule has 2 rings (SSSR count). The summed E-state index contributed by atoms with van der Waals surface area (Å²) < 4.78 is 5.34. The van der Waals surface area contributed by atoms with E-state index in [1.807, 2.05) is 20.8 Å². The molecule has 1 aliphatic heterocycles. The number of aromatic nitrogens is 1. The number of nitrogens with zero attached hydrogens (tertiary/aromatic N) is 3. The van der Waals surface area contributed by atoms with Crippen molar-refractivity contribution >= 4 is 12.0 Å². The molecule has 1 fully saturated rings. The van der Waals surface area contributed by atoms with Crippen LogP contribution in [-0.2, 0) is 11.3 Å². The van der Waals surface area contributed by atoms with Gasteiger partial charge in [-0.25, -0.2) is 4.79 Å². The predicted molar refractivity (Wildman–Crippen MR) is 85.8 cm³/mol. The molecule has 0 radical (unpaired) electrons. The Labute approximate surface area is 136 Å². The number of carbonyl (C=O) groups is 2. The van der Waals surface area contributed by atoms with Gasteiger partial charge in [0.15, 0.2) is 0 Å². The lowest BCUT2D eigenvalue weighted by molar-refractivity contribution is 0.0140. The van der Waals surface area contributed by atoms with Crippen LogP contribution in [0.1, 0.15) is 36.8 Å². The first-order chi connectivity index (χ1) is 10.8. The number of amides is 2. The summed E-state index contributed by atoms with van der Waals surface area (Å²) in [7, 11) is 0. The van der Waals surface area contributed by atoms with Gasteiger partial charge in [0.2, 0.25) is 0 Å². The second-order valence-corrected chi connectivity index (χ2v) is 6.52. The fourth-order valence-electron chi connectivity index (χ4n) is 2.25. The van der Waals surface area contributed by atoms with E-state index in [0.29, 0.717) is 38.4 Å². The third-order valence-electron chi connectivity index (χ3n) is 3.50. The fraction of sp³-hybridized carbons (Fsp3) is 0.562. The molecule has 0 aromatic carbocycles. The second-order valence-electron chi connectivity index (χ2n) is 6.52. The Bertz CT molecular complexity index is 558. The van der Waals surface area contributed by atoms with Crippen LogP contribution < -0.4 is 5.73 Å². The maximum atomic E-state index is 12.4. The van der Waals surface area contributed by atoms with Gasteiger partial charge in [-0.15, -0.1) is 0 Å². The van der Waals surface area contributed by atoms with Crippen molar-refractivity contribution in [1.29, 1.82) is 0 Å². The summed E-state index contributed by atoms with van der Waals surface area (Å²) in [4.78, 5) is 31.9. The molecule has 1 aromatic rings. The molecule has 2 amide bonds. The van der Waals surface area contributed by atoms with E-state index in [0.717, 1.165) is 5.56 Å². The SMILES string of the molecule is CC(C)(C)OC(=O)N1CCN(C(=O)c2ccc(CN)cn2)CC1. The maximum absolute atomic E-state index is 12.4. The molecule has 2 N–H and O–H groups in total. The molecule has 23 heavy (non-hydrogen) atoms. The van der Waals surface area contributed by atoms with Gasteiger partial charge >= 0.3 is 6.09 Å². The summed E-state index contributed by atoms with van der Waals surface area (Å²) in [5, 5.41) is 0. The molecule has 1 aromatic heterocycles. The van der Waals surface area contributed by atoms with E-state index >= 15 is 0 Å². The third-order valence-corrected chi connectivity index (χ3v) is 3.50. The second kappa shape index (κ2) is 6.95. The van der Waals surface area contributed by atoms with Crippen molar-refractivity contribution in [3.8, 4) is 0 Å². The van der Waals surface area contributed by atoms with E-state index in [4.69, 9.17) is 10.5 Å². The number of hydrogen-bond donors (Lipinski definition) is 1. The van der Waals surface area contributed by atoms with Crippen molar-refractivity contribution < 1.29 is 14.3 Å². The molecular formula is C16H24N4O3. The topological polar surface area (TPSA) is 88.8 Å². The van der Waals surface area contributed by atoms with Crippen LogP contribution in [0.5, 0.6) is 0 Å². The van der Waals surface area contributed by atoms with Gasteiger partial charge in [-0.2, -0.15) is 0 Å². The lowest BCUT2D eigenvalue weighted by Crippen LogP contribution is -2.51. The number of nitrogens with two attached hydrogens (primary N) is 1. The Morgan fingerprint density at radius 3 is 2.26 bits per heavy atom. The average Bonchev–Trinajstić information content (AvgIpc) is 2.53. The van der Waals surface area contributed by atoms with Crippen molar-refractivity contribution in [2.45, 2.75) is 32.9 Å². The molecule has 0 unspecified atom stereocenters. The van der Waals surface area contributed by atoms with Crippen molar-refractivity contribution in [2.24, 2.45) is 5.73 Å². The zero-order valence-corrected chi connectivity index (χ0v) is 13.9. The highest BCUT2D eigenvalue weighted by Crippen LogP contribution is 2.13. The van der Waals surface area contributed by atoms with Gasteiger partial charge < -0.3 is 20.3 Å². The molecule has 1 saturated heterocycles. The van der Waals surface area contributed by atoms with Gasteiger partial charge in [0.05, 0.1) is 0 Å². The maximum Gasteiger partial charge on any atom is 0.410 e. The molecule has 126 valence electrons. The summed E-state index contributed by atoms with van der Waals surface area (Å²) in [6, 6.07) is 3.49. The van der Waals surface area contributed by atoms with Gasteiger partial charge in [0.1, 0.15) is 11.3 Å². The molecule has 1 aliphatic rings. The van der Waals surface area contributed by atoms with Crippen LogP contribution in [-0.4, -0.2) is 58.6 Å². The summed E-state index contributed by atoms with van der Waals surface area (Å²) in [6.07, 6.45) is 1.28. The van der Waals surface area contributed by atoms with Crippen LogP contribution in [0.25, 0.3) is 0 Å². The zero-order valence-electron chi connectivity index (χ0n) is 13.9. The normalized spacial score (nSPS) is 15.5. The molecule has 0 saturated carbocycles. The van der Waals surface area contributed by atoms with Crippen LogP contribution in [0.2, 0.25) is 0 Å². The summed E-state index contributed by atoms with van der Waals surface area (Å²) in [5.74, 6) is -0.127. The van der Waals surface area contributed by atoms with Gasteiger partial charge in [-0.1, -0.05) is 6.07 Å². The molecule has 0 atom stereocenters. The first-order valence-corrected chi connectivity index (χ1v) is 7.72. The average molecular weight is 320 g/mol. The standard InChI is InChI=1S/C16H24N4O3/c1-16(2,3)23-15(22)20-8-6-19(7-9-20)14(21)13-5-4-12(10-17)11-18-13/h4-5,11H,6-10,17H2,1-3H3. The number of rotatable bonds is 2. The van der Waals surface area contributed by atoms with Gasteiger partial charge in [-0.3, -0.25) is 9.78 Å². The molecule has 0 spiro atoms. The summed E-state index contributed by atoms with van der Waals surface area (Å²) >= 11 is 0. The Balaban J connectivity index is 1.90. The summed E-state index contributed by atoms with van der Waals surface area (Å²) in [6.45, 7) is 7.76. The largest absolute Gasteiger partial charge is 0.444 e. The van der Waals surface area contributed by atoms with Crippen LogP contribution in [0, 0.1) is 0 Å². The van der Waals surface area contributed by atoms with E-state index in [-0.39, 0.29) is 12.0 Å². The van der Waals surface area contributed by atoms with E-state index in [1.165, 1.54) is 0 Å². The monoisotopic (exact) mass is 320 g/mol. The third kappa shape index (κ3) is 4.66. The van der Waals surface area contributed by atoms with Crippen molar-refractivity contribution in [2.75, 3.05) is 26.2 Å². The van der Waals surface area contributed by atoms with Gasteiger partial charge in [0.25, 0.3) is 5.91 Å². The highest BCUT2D eigenvalue weighted by atomic mass is 16.6. The Kier molecular flexibility index (Phi) is 5.20. The van der Waals surface area contributed by atoms with Crippen LogP contribution >= 0.6 is 0 Å². The highest BCUT2D eigenvalue weighted by molar-refractivity contribution is 5.92. The first kappa shape index (κ1) is 17.2. The van der Waals surface area contributed by atoms with Gasteiger partial charge in [0, 0.05) is 38.9 Å². The summed E-state index contributed by atoms with van der Waals surface area (Å²) in [5.41, 5.74) is 6.29. The number of pyridine rings is 1. The molecule has 2 heterocycles. The highest BCUT2D eigenvalue weighted by Gasteiger charge is 2.28.